The lowest BCUT2D eigenvalue weighted by atomic mass is 9.86. The Kier molecular flexibility index (Phi) is 4.08. The topological polar surface area (TPSA) is 40.5 Å². The van der Waals surface area contributed by atoms with E-state index >= 15 is 0 Å². The first kappa shape index (κ1) is 12.9. The number of carbonyl (C=O) groups is 1. The van der Waals surface area contributed by atoms with E-state index in [1.54, 1.807) is 0 Å². The molecule has 3 heteroatoms. The van der Waals surface area contributed by atoms with Gasteiger partial charge in [0.05, 0.1) is 12.0 Å². The zero-order valence-electron chi connectivity index (χ0n) is 11.1. The molecule has 1 aliphatic heterocycles. The van der Waals surface area contributed by atoms with Crippen molar-refractivity contribution in [3.63, 3.8) is 0 Å². The van der Waals surface area contributed by atoms with Crippen molar-refractivity contribution in [2.24, 2.45) is 17.8 Å². The minimum absolute atomic E-state index is 0.106. The monoisotopic (exact) mass is 239 g/mol. The second kappa shape index (κ2) is 5.38. The van der Waals surface area contributed by atoms with E-state index in [0.717, 1.165) is 57.0 Å². The third kappa shape index (κ3) is 2.82. The molecule has 2 atom stereocenters. The number of carbonyl (C=O) groups excluding carboxylic acids is 1. The molecule has 1 aliphatic carbocycles. The van der Waals surface area contributed by atoms with Crippen LogP contribution in [0.1, 0.15) is 46.0 Å². The molecule has 0 bridgehead atoms. The lowest BCUT2D eigenvalue weighted by Crippen LogP contribution is -2.44. The molecule has 1 amide bonds. The van der Waals surface area contributed by atoms with Gasteiger partial charge in [0.15, 0.2) is 0 Å². The van der Waals surface area contributed by atoms with E-state index in [4.69, 9.17) is 0 Å². The second-order valence-corrected chi connectivity index (χ2v) is 6.01. The molecule has 0 aromatic carbocycles. The summed E-state index contributed by atoms with van der Waals surface area (Å²) < 4.78 is 0. The van der Waals surface area contributed by atoms with Crippen LogP contribution in [0.25, 0.3) is 0 Å². The third-order valence-corrected chi connectivity index (χ3v) is 4.59. The molecule has 1 N–H and O–H groups in total. The molecule has 1 saturated heterocycles. The maximum Gasteiger partial charge on any atom is 0.228 e. The van der Waals surface area contributed by atoms with Gasteiger partial charge in [-0.05, 0) is 43.9 Å². The van der Waals surface area contributed by atoms with Gasteiger partial charge in [-0.15, -0.1) is 0 Å². The van der Waals surface area contributed by atoms with Gasteiger partial charge in [0.1, 0.15) is 0 Å². The lowest BCUT2D eigenvalue weighted by Gasteiger charge is -2.35. The van der Waals surface area contributed by atoms with Crippen LogP contribution in [0.5, 0.6) is 0 Å². The number of amides is 1. The Bertz CT molecular complexity index is 269. The van der Waals surface area contributed by atoms with Crippen molar-refractivity contribution < 1.29 is 9.90 Å². The van der Waals surface area contributed by atoms with Gasteiger partial charge in [-0.1, -0.05) is 13.8 Å². The zero-order valence-corrected chi connectivity index (χ0v) is 11.1. The number of aliphatic hydroxyl groups excluding tert-OH is 1. The average molecular weight is 239 g/mol. The highest BCUT2D eigenvalue weighted by Crippen LogP contribution is 2.30. The first-order chi connectivity index (χ1) is 8.09. The molecule has 2 unspecified atom stereocenters. The fourth-order valence-electron chi connectivity index (χ4n) is 3.25. The Morgan fingerprint density at radius 3 is 2.29 bits per heavy atom. The molecule has 0 spiro atoms. The Hall–Kier alpha value is -0.570. The zero-order chi connectivity index (χ0) is 12.4. The first-order valence-corrected chi connectivity index (χ1v) is 7.06. The second-order valence-electron chi connectivity index (χ2n) is 6.01. The molecule has 2 rings (SSSR count). The number of piperidine rings is 1. The van der Waals surface area contributed by atoms with E-state index in [0.29, 0.717) is 0 Å². The third-order valence-electron chi connectivity index (χ3n) is 4.59. The predicted octanol–water partition coefficient (Wildman–Crippen LogP) is 2.04. The molecule has 1 saturated carbocycles. The van der Waals surface area contributed by atoms with Crippen LogP contribution >= 0.6 is 0 Å². The van der Waals surface area contributed by atoms with Gasteiger partial charge in [-0.2, -0.15) is 0 Å². The standard InChI is InChI=1S/C14H25NO2/c1-10(2)11-6-8-15(9-7-11)14(17)12-4-3-5-13(12)16/h10-13,16H,3-9H2,1-2H3. The fraction of sp³-hybridized carbons (Fsp3) is 0.929. The summed E-state index contributed by atoms with van der Waals surface area (Å²) in [5.41, 5.74) is 0. The summed E-state index contributed by atoms with van der Waals surface area (Å²) >= 11 is 0. The first-order valence-electron chi connectivity index (χ1n) is 7.06. The summed E-state index contributed by atoms with van der Waals surface area (Å²) in [6.07, 6.45) is 4.56. The van der Waals surface area contributed by atoms with E-state index in [-0.39, 0.29) is 17.9 Å². The van der Waals surface area contributed by atoms with Gasteiger partial charge in [-0.3, -0.25) is 4.79 Å². The Balaban J connectivity index is 1.86. The predicted molar refractivity (Wildman–Crippen MR) is 67.5 cm³/mol. The SMILES string of the molecule is CC(C)C1CCN(C(=O)C2CCCC2O)CC1. The largest absolute Gasteiger partial charge is 0.392 e. The molecular formula is C14H25NO2. The highest BCUT2D eigenvalue weighted by Gasteiger charge is 2.35. The van der Waals surface area contributed by atoms with Crippen molar-refractivity contribution in [2.45, 2.75) is 52.1 Å². The van der Waals surface area contributed by atoms with Crippen molar-refractivity contribution in [2.75, 3.05) is 13.1 Å². The molecule has 3 nitrogen and oxygen atoms in total. The van der Waals surface area contributed by atoms with Gasteiger partial charge in [0, 0.05) is 13.1 Å². The van der Waals surface area contributed by atoms with Gasteiger partial charge in [-0.25, -0.2) is 0 Å². The van der Waals surface area contributed by atoms with E-state index in [2.05, 4.69) is 13.8 Å². The van der Waals surface area contributed by atoms with Gasteiger partial charge in [0.25, 0.3) is 0 Å². The highest BCUT2D eigenvalue weighted by molar-refractivity contribution is 5.79. The number of aliphatic hydroxyl groups is 1. The van der Waals surface area contributed by atoms with Crippen LogP contribution < -0.4 is 0 Å². The molecule has 17 heavy (non-hydrogen) atoms. The average Bonchev–Trinajstić information content (AvgIpc) is 2.74. The van der Waals surface area contributed by atoms with Crippen LogP contribution in [0.2, 0.25) is 0 Å². The number of hydrogen-bond donors (Lipinski definition) is 1. The molecular weight excluding hydrogens is 214 g/mol. The van der Waals surface area contributed by atoms with Crippen LogP contribution in [0.3, 0.4) is 0 Å². The molecule has 2 fully saturated rings. The Morgan fingerprint density at radius 1 is 1.18 bits per heavy atom. The number of nitrogens with zero attached hydrogens (tertiary/aromatic N) is 1. The van der Waals surface area contributed by atoms with Crippen LogP contribution in [0.4, 0.5) is 0 Å². The van der Waals surface area contributed by atoms with E-state index < -0.39 is 0 Å². The van der Waals surface area contributed by atoms with Crippen LogP contribution in [0.15, 0.2) is 0 Å². The maximum atomic E-state index is 12.3. The van der Waals surface area contributed by atoms with Crippen molar-refractivity contribution in [3.8, 4) is 0 Å². The van der Waals surface area contributed by atoms with E-state index in [1.165, 1.54) is 0 Å². The molecule has 0 aromatic heterocycles. The van der Waals surface area contributed by atoms with Crippen LogP contribution in [-0.2, 0) is 4.79 Å². The van der Waals surface area contributed by atoms with E-state index in [9.17, 15) is 9.90 Å². The Labute approximate surface area is 104 Å². The van der Waals surface area contributed by atoms with Crippen molar-refractivity contribution in [3.05, 3.63) is 0 Å². The molecule has 1 heterocycles. The quantitative estimate of drug-likeness (QED) is 0.801. The minimum Gasteiger partial charge on any atom is -0.392 e. The normalized spacial score (nSPS) is 31.2. The van der Waals surface area contributed by atoms with Crippen molar-refractivity contribution in [1.82, 2.24) is 4.90 Å². The number of hydrogen-bond acceptors (Lipinski definition) is 2. The smallest absolute Gasteiger partial charge is 0.228 e. The van der Waals surface area contributed by atoms with Gasteiger partial charge in [0.2, 0.25) is 5.91 Å². The van der Waals surface area contributed by atoms with Crippen LogP contribution in [-0.4, -0.2) is 35.1 Å². The van der Waals surface area contributed by atoms with Crippen molar-refractivity contribution >= 4 is 5.91 Å². The Morgan fingerprint density at radius 2 is 1.82 bits per heavy atom. The van der Waals surface area contributed by atoms with Crippen molar-refractivity contribution in [1.29, 1.82) is 0 Å². The number of rotatable bonds is 2. The fourth-order valence-corrected chi connectivity index (χ4v) is 3.25. The summed E-state index contributed by atoms with van der Waals surface area (Å²) in [4.78, 5) is 14.2. The summed E-state index contributed by atoms with van der Waals surface area (Å²) in [7, 11) is 0. The van der Waals surface area contributed by atoms with Gasteiger partial charge < -0.3 is 10.0 Å². The highest BCUT2D eigenvalue weighted by atomic mass is 16.3. The molecule has 0 aromatic rings. The minimum atomic E-state index is -0.384. The lowest BCUT2D eigenvalue weighted by molar-refractivity contribution is -0.139. The van der Waals surface area contributed by atoms with E-state index in [1.807, 2.05) is 4.90 Å². The number of likely N-dealkylation sites (tertiary alicyclic amines) is 1. The summed E-state index contributed by atoms with van der Waals surface area (Å²) in [6.45, 7) is 6.32. The summed E-state index contributed by atoms with van der Waals surface area (Å²) in [5.74, 6) is 1.60. The molecule has 2 aliphatic rings. The molecule has 98 valence electrons. The summed E-state index contributed by atoms with van der Waals surface area (Å²) in [5, 5.41) is 9.78. The van der Waals surface area contributed by atoms with Crippen LogP contribution in [0, 0.1) is 17.8 Å². The van der Waals surface area contributed by atoms with Gasteiger partial charge >= 0.3 is 0 Å². The summed E-state index contributed by atoms with van der Waals surface area (Å²) in [6, 6.07) is 0. The molecule has 0 radical (unpaired) electrons. The maximum absolute atomic E-state index is 12.3.